The molecule has 2 aromatic heterocycles. The van der Waals surface area contributed by atoms with E-state index >= 15 is 0 Å². The van der Waals surface area contributed by atoms with Crippen molar-refractivity contribution in [2.24, 2.45) is 0 Å². The molecule has 124 valence electrons. The summed E-state index contributed by atoms with van der Waals surface area (Å²) in [4.78, 5) is 22.6. The van der Waals surface area contributed by atoms with Crippen molar-refractivity contribution in [2.45, 2.75) is 13.5 Å². The summed E-state index contributed by atoms with van der Waals surface area (Å²) in [5, 5.41) is 0.603. The number of benzene rings is 1. The van der Waals surface area contributed by atoms with E-state index in [4.69, 9.17) is 16.3 Å². The first kappa shape index (κ1) is 16.3. The topological polar surface area (TPSA) is 59.7 Å². The van der Waals surface area contributed by atoms with Gasteiger partial charge in [0.15, 0.2) is 0 Å². The molecule has 7 heteroatoms. The summed E-state index contributed by atoms with van der Waals surface area (Å²) >= 11 is 6.07. The van der Waals surface area contributed by atoms with Gasteiger partial charge in [0.1, 0.15) is 11.4 Å². The van der Waals surface area contributed by atoms with Gasteiger partial charge in [0.2, 0.25) is 5.78 Å². The first-order valence-electron chi connectivity index (χ1n) is 7.55. The van der Waals surface area contributed by atoms with Gasteiger partial charge in [0.05, 0.1) is 6.61 Å². The smallest absolute Gasteiger partial charge is 0.274 e. The Balaban J connectivity index is 1.82. The molecule has 24 heavy (non-hydrogen) atoms. The highest BCUT2D eigenvalue weighted by Crippen LogP contribution is 2.24. The summed E-state index contributed by atoms with van der Waals surface area (Å²) in [6.45, 7) is 2.83. The van der Waals surface area contributed by atoms with Crippen LogP contribution in [0.3, 0.4) is 0 Å². The minimum absolute atomic E-state index is 0.192. The molecule has 0 fully saturated rings. The number of rotatable bonds is 5. The Morgan fingerprint density at radius 3 is 3.00 bits per heavy atom. The van der Waals surface area contributed by atoms with Gasteiger partial charge in [-0.3, -0.25) is 9.20 Å². The molecule has 1 aromatic carbocycles. The average molecular weight is 345 g/mol. The van der Waals surface area contributed by atoms with Gasteiger partial charge in [-0.2, -0.15) is 0 Å². The van der Waals surface area contributed by atoms with Crippen LogP contribution in [0.15, 0.2) is 42.9 Å². The van der Waals surface area contributed by atoms with E-state index in [1.54, 1.807) is 47.1 Å². The summed E-state index contributed by atoms with van der Waals surface area (Å²) in [5.41, 5.74) is 1.19. The minimum Gasteiger partial charge on any atom is -0.494 e. The highest BCUT2D eigenvalue weighted by atomic mass is 35.5. The maximum Gasteiger partial charge on any atom is 0.274 e. The van der Waals surface area contributed by atoms with Gasteiger partial charge in [-0.15, -0.1) is 0 Å². The van der Waals surface area contributed by atoms with Crippen molar-refractivity contribution in [1.82, 2.24) is 19.3 Å². The molecule has 0 bridgehead atoms. The van der Waals surface area contributed by atoms with Crippen LogP contribution >= 0.6 is 11.6 Å². The lowest BCUT2D eigenvalue weighted by molar-refractivity contribution is 0.0779. The van der Waals surface area contributed by atoms with E-state index in [9.17, 15) is 4.79 Å². The third-order valence-corrected chi connectivity index (χ3v) is 3.77. The van der Waals surface area contributed by atoms with Crippen LogP contribution in [-0.2, 0) is 6.54 Å². The number of hydrogen-bond donors (Lipinski definition) is 0. The Morgan fingerprint density at radius 1 is 1.42 bits per heavy atom. The Morgan fingerprint density at radius 2 is 2.25 bits per heavy atom. The van der Waals surface area contributed by atoms with Crippen molar-refractivity contribution < 1.29 is 9.53 Å². The van der Waals surface area contributed by atoms with Crippen LogP contribution in [-0.4, -0.2) is 38.8 Å². The molecule has 6 nitrogen and oxygen atoms in total. The summed E-state index contributed by atoms with van der Waals surface area (Å²) in [6.07, 6.45) is 5.11. The van der Waals surface area contributed by atoms with Gasteiger partial charge in [0, 0.05) is 42.8 Å². The van der Waals surface area contributed by atoms with Gasteiger partial charge < -0.3 is 9.64 Å². The van der Waals surface area contributed by atoms with E-state index in [1.807, 2.05) is 19.1 Å². The molecule has 3 rings (SSSR count). The zero-order valence-corrected chi connectivity index (χ0v) is 14.2. The molecule has 0 saturated heterocycles. The van der Waals surface area contributed by atoms with Crippen LogP contribution in [0.5, 0.6) is 5.75 Å². The number of halogens is 1. The van der Waals surface area contributed by atoms with Crippen molar-refractivity contribution in [2.75, 3.05) is 13.7 Å². The van der Waals surface area contributed by atoms with E-state index in [2.05, 4.69) is 9.97 Å². The van der Waals surface area contributed by atoms with E-state index in [1.165, 1.54) is 0 Å². The maximum absolute atomic E-state index is 12.6. The second-order valence-electron chi connectivity index (χ2n) is 5.30. The quantitative estimate of drug-likeness (QED) is 0.713. The zero-order valence-electron chi connectivity index (χ0n) is 13.4. The molecule has 2 heterocycles. The molecule has 0 unspecified atom stereocenters. The predicted molar refractivity (Wildman–Crippen MR) is 91.4 cm³/mol. The van der Waals surface area contributed by atoms with Crippen molar-refractivity contribution in [3.63, 3.8) is 0 Å². The number of ether oxygens (including phenoxy) is 1. The highest BCUT2D eigenvalue weighted by Gasteiger charge is 2.18. The lowest BCUT2D eigenvalue weighted by Gasteiger charge is -2.18. The molecular weight excluding hydrogens is 328 g/mol. The molecule has 0 saturated carbocycles. The summed E-state index contributed by atoms with van der Waals surface area (Å²) < 4.78 is 7.31. The molecule has 0 aliphatic heterocycles. The molecule has 0 radical (unpaired) electrons. The van der Waals surface area contributed by atoms with Crippen LogP contribution in [0.4, 0.5) is 0 Å². The standard InChI is InChI=1S/C17H17ClN4O2/c1-3-24-15-6-5-13(18)9-12(15)10-21(2)16(23)14-11-22-8-4-7-19-17(22)20-14/h4-9,11H,3,10H2,1-2H3. The van der Waals surface area contributed by atoms with E-state index in [-0.39, 0.29) is 5.91 Å². The van der Waals surface area contributed by atoms with Crippen LogP contribution < -0.4 is 4.74 Å². The lowest BCUT2D eigenvalue weighted by atomic mass is 10.2. The van der Waals surface area contributed by atoms with Crippen LogP contribution in [0.2, 0.25) is 5.02 Å². The highest BCUT2D eigenvalue weighted by molar-refractivity contribution is 6.30. The number of hydrogen-bond acceptors (Lipinski definition) is 4. The van der Waals surface area contributed by atoms with Crippen molar-refractivity contribution >= 4 is 23.3 Å². The van der Waals surface area contributed by atoms with E-state index < -0.39 is 0 Å². The number of carbonyl (C=O) groups is 1. The molecule has 0 N–H and O–H groups in total. The fraction of sp³-hybridized carbons (Fsp3) is 0.235. The van der Waals surface area contributed by atoms with Gasteiger partial charge in [-0.25, -0.2) is 9.97 Å². The maximum atomic E-state index is 12.6. The number of fused-ring (bicyclic) bond motifs is 1. The molecule has 0 atom stereocenters. The van der Waals surface area contributed by atoms with Gasteiger partial charge in [0.25, 0.3) is 5.91 Å². The molecule has 0 aliphatic rings. The van der Waals surface area contributed by atoms with E-state index in [0.717, 1.165) is 11.3 Å². The molecule has 3 aromatic rings. The minimum atomic E-state index is -0.192. The number of nitrogens with zero attached hydrogens (tertiary/aromatic N) is 4. The molecule has 0 spiro atoms. The van der Waals surface area contributed by atoms with Crippen molar-refractivity contribution in [3.8, 4) is 5.75 Å². The number of imidazole rings is 1. The van der Waals surface area contributed by atoms with Crippen molar-refractivity contribution in [1.29, 1.82) is 0 Å². The number of amides is 1. The Labute approximate surface area is 144 Å². The second kappa shape index (κ2) is 6.88. The Hall–Kier alpha value is -2.60. The normalized spacial score (nSPS) is 10.8. The second-order valence-corrected chi connectivity index (χ2v) is 5.74. The summed E-state index contributed by atoms with van der Waals surface area (Å²) in [6, 6.07) is 7.18. The van der Waals surface area contributed by atoms with Gasteiger partial charge in [-0.1, -0.05) is 11.6 Å². The Bertz CT molecular complexity index is 845. The van der Waals surface area contributed by atoms with Gasteiger partial charge in [-0.05, 0) is 31.2 Å². The number of aromatic nitrogens is 3. The third-order valence-electron chi connectivity index (χ3n) is 3.53. The van der Waals surface area contributed by atoms with Crippen LogP contribution in [0.25, 0.3) is 5.78 Å². The fourth-order valence-electron chi connectivity index (χ4n) is 2.42. The zero-order chi connectivity index (χ0) is 17.1. The average Bonchev–Trinajstić information content (AvgIpc) is 3.00. The monoisotopic (exact) mass is 344 g/mol. The molecule has 1 amide bonds. The first-order valence-corrected chi connectivity index (χ1v) is 7.92. The van der Waals surface area contributed by atoms with E-state index in [0.29, 0.717) is 29.6 Å². The Kier molecular flexibility index (Phi) is 4.66. The summed E-state index contributed by atoms with van der Waals surface area (Å²) in [7, 11) is 1.72. The van der Waals surface area contributed by atoms with Gasteiger partial charge >= 0.3 is 0 Å². The lowest BCUT2D eigenvalue weighted by Crippen LogP contribution is -2.26. The predicted octanol–water partition coefficient (Wildman–Crippen LogP) is 3.05. The van der Waals surface area contributed by atoms with Crippen LogP contribution in [0.1, 0.15) is 23.0 Å². The summed E-state index contributed by atoms with van der Waals surface area (Å²) in [5.74, 6) is 1.02. The molecular formula is C17H17ClN4O2. The first-order chi connectivity index (χ1) is 11.6. The van der Waals surface area contributed by atoms with Crippen molar-refractivity contribution in [3.05, 3.63) is 59.1 Å². The van der Waals surface area contributed by atoms with Crippen LogP contribution in [0, 0.1) is 0 Å². The number of carbonyl (C=O) groups excluding carboxylic acids is 1. The largest absolute Gasteiger partial charge is 0.494 e. The fourth-order valence-corrected chi connectivity index (χ4v) is 2.62. The SMILES string of the molecule is CCOc1ccc(Cl)cc1CN(C)C(=O)c1cn2cccnc2n1. The molecule has 0 aliphatic carbocycles. The third kappa shape index (κ3) is 3.33.